The van der Waals surface area contributed by atoms with Crippen molar-refractivity contribution >= 4 is 23.7 Å². The molecule has 1 aliphatic carbocycles. The Balaban J connectivity index is 1.73. The zero-order chi connectivity index (χ0) is 15.1. The second-order valence-corrected chi connectivity index (χ2v) is 5.46. The molecule has 0 aromatic heterocycles. The summed E-state index contributed by atoms with van der Waals surface area (Å²) >= 11 is 5.93. The number of rotatable bonds is 5. The van der Waals surface area contributed by atoms with Crippen LogP contribution < -0.4 is 10.2 Å². The Morgan fingerprint density at radius 1 is 1.52 bits per heavy atom. The number of halogens is 1. The summed E-state index contributed by atoms with van der Waals surface area (Å²) in [6, 6.07) is 5.28. The molecule has 0 unspecified atom stereocenters. The zero-order valence-corrected chi connectivity index (χ0v) is 12.8. The number of nitrogens with one attached hydrogen (secondary N) is 1. The van der Waals surface area contributed by atoms with Crippen molar-refractivity contribution in [1.82, 2.24) is 5.43 Å². The quantitative estimate of drug-likeness (QED) is 0.514. The number of ether oxygens (including phenoxy) is 1. The largest absolute Gasteiger partial charge is 0.484 e. The average molecular weight is 307 g/mol. The summed E-state index contributed by atoms with van der Waals surface area (Å²) in [6.45, 7) is 1.82. The maximum absolute atomic E-state index is 11.6. The molecule has 1 aromatic rings. The van der Waals surface area contributed by atoms with Crippen molar-refractivity contribution in [3.05, 3.63) is 40.9 Å². The Hall–Kier alpha value is -1.81. The molecule has 0 aliphatic heterocycles. The smallest absolute Gasteiger partial charge is 0.277 e. The Morgan fingerprint density at radius 3 is 3.10 bits per heavy atom. The van der Waals surface area contributed by atoms with Crippen molar-refractivity contribution in [2.24, 2.45) is 11.0 Å². The Bertz CT molecular complexity index is 555. The van der Waals surface area contributed by atoms with Crippen LogP contribution in [-0.2, 0) is 4.79 Å². The first kappa shape index (κ1) is 15.6. The predicted octanol–water partition coefficient (Wildman–Crippen LogP) is 3.49. The lowest BCUT2D eigenvalue weighted by atomic mass is 9.96. The van der Waals surface area contributed by atoms with Crippen LogP contribution in [0.25, 0.3) is 0 Å². The second kappa shape index (κ2) is 7.84. The highest BCUT2D eigenvalue weighted by Crippen LogP contribution is 2.20. The number of hydrogen-bond donors (Lipinski definition) is 1. The number of nitrogens with zero attached hydrogens (tertiary/aromatic N) is 1. The van der Waals surface area contributed by atoms with Gasteiger partial charge in [-0.05, 0) is 55.9 Å². The maximum Gasteiger partial charge on any atom is 0.277 e. The van der Waals surface area contributed by atoms with E-state index < -0.39 is 0 Å². The third-order valence-corrected chi connectivity index (χ3v) is 3.71. The highest BCUT2D eigenvalue weighted by molar-refractivity contribution is 6.31. The van der Waals surface area contributed by atoms with Gasteiger partial charge in [-0.15, -0.1) is 0 Å². The second-order valence-electron chi connectivity index (χ2n) is 5.06. The molecular formula is C16H19ClN2O2. The highest BCUT2D eigenvalue weighted by atomic mass is 35.5. The van der Waals surface area contributed by atoms with Gasteiger partial charge in [-0.25, -0.2) is 5.43 Å². The molecule has 1 aliphatic rings. The van der Waals surface area contributed by atoms with Crippen molar-refractivity contribution < 1.29 is 9.53 Å². The number of carbonyl (C=O) groups excluding carboxylic acids is 1. The minimum absolute atomic E-state index is 0.0665. The number of hydrogen-bond acceptors (Lipinski definition) is 3. The van der Waals surface area contributed by atoms with Crippen LogP contribution in [0.4, 0.5) is 0 Å². The SMILES string of the molecule is Cc1cc(OCC(=O)N/N=C\[C@@H]2CC=CCC2)ccc1Cl. The molecule has 21 heavy (non-hydrogen) atoms. The van der Waals surface area contributed by atoms with Gasteiger partial charge >= 0.3 is 0 Å². The molecule has 0 saturated carbocycles. The molecule has 0 fully saturated rings. The molecular weight excluding hydrogens is 288 g/mol. The third-order valence-electron chi connectivity index (χ3n) is 3.28. The van der Waals surface area contributed by atoms with Crippen molar-refractivity contribution in [3.8, 4) is 5.75 Å². The lowest BCUT2D eigenvalue weighted by Gasteiger charge is -2.11. The fraction of sp³-hybridized carbons (Fsp3) is 0.375. The lowest BCUT2D eigenvalue weighted by molar-refractivity contribution is -0.123. The van der Waals surface area contributed by atoms with E-state index in [1.807, 2.05) is 6.92 Å². The van der Waals surface area contributed by atoms with Crippen molar-refractivity contribution in [1.29, 1.82) is 0 Å². The molecule has 1 amide bonds. The predicted molar refractivity (Wildman–Crippen MR) is 84.8 cm³/mol. The van der Waals surface area contributed by atoms with E-state index in [1.165, 1.54) is 0 Å². The van der Waals surface area contributed by atoms with Gasteiger partial charge in [0, 0.05) is 11.2 Å². The maximum atomic E-state index is 11.6. The van der Waals surface area contributed by atoms with Gasteiger partial charge in [0.25, 0.3) is 5.91 Å². The van der Waals surface area contributed by atoms with Gasteiger partial charge in [-0.2, -0.15) is 5.10 Å². The highest BCUT2D eigenvalue weighted by Gasteiger charge is 2.07. The number of carbonyl (C=O) groups is 1. The molecule has 0 saturated heterocycles. The van der Waals surface area contributed by atoms with Crippen molar-refractivity contribution in [2.75, 3.05) is 6.61 Å². The van der Waals surface area contributed by atoms with E-state index in [9.17, 15) is 4.79 Å². The molecule has 0 bridgehead atoms. The third kappa shape index (κ3) is 5.23. The van der Waals surface area contributed by atoms with Crippen LogP contribution in [0.1, 0.15) is 24.8 Å². The van der Waals surface area contributed by atoms with E-state index in [1.54, 1.807) is 24.4 Å². The summed E-state index contributed by atoms with van der Waals surface area (Å²) in [6.07, 6.45) is 9.26. The molecule has 112 valence electrons. The summed E-state index contributed by atoms with van der Waals surface area (Å²) < 4.78 is 5.39. The summed E-state index contributed by atoms with van der Waals surface area (Å²) in [7, 11) is 0. The molecule has 0 heterocycles. The molecule has 4 nitrogen and oxygen atoms in total. The van der Waals surface area contributed by atoms with Crippen molar-refractivity contribution in [2.45, 2.75) is 26.2 Å². The first-order valence-electron chi connectivity index (χ1n) is 7.01. The summed E-state index contributed by atoms with van der Waals surface area (Å²) in [5, 5.41) is 4.66. The van der Waals surface area contributed by atoms with E-state index in [4.69, 9.17) is 16.3 Å². The normalized spacial score (nSPS) is 17.9. The van der Waals surface area contributed by atoms with Gasteiger partial charge in [0.05, 0.1) is 0 Å². The molecule has 1 atom stereocenters. The first-order valence-corrected chi connectivity index (χ1v) is 7.39. The molecule has 2 rings (SSSR count). The molecule has 1 N–H and O–H groups in total. The molecule has 0 radical (unpaired) electrons. The summed E-state index contributed by atoms with van der Waals surface area (Å²) in [4.78, 5) is 11.6. The minimum atomic E-state index is -0.273. The van der Waals surface area contributed by atoms with Crippen LogP contribution in [-0.4, -0.2) is 18.7 Å². The van der Waals surface area contributed by atoms with E-state index in [-0.39, 0.29) is 12.5 Å². The van der Waals surface area contributed by atoms with Gasteiger partial charge in [-0.3, -0.25) is 4.79 Å². The minimum Gasteiger partial charge on any atom is -0.484 e. The molecule has 5 heteroatoms. The van der Waals surface area contributed by atoms with Crippen molar-refractivity contribution in [3.63, 3.8) is 0 Å². The summed E-state index contributed by atoms with van der Waals surface area (Å²) in [5.41, 5.74) is 3.40. The van der Waals surface area contributed by atoms with E-state index >= 15 is 0 Å². The fourth-order valence-corrected chi connectivity index (χ4v) is 2.17. The van der Waals surface area contributed by atoms with Crippen LogP contribution >= 0.6 is 11.6 Å². The van der Waals surface area contributed by atoms with Gasteiger partial charge in [0.15, 0.2) is 6.61 Å². The van der Waals surface area contributed by atoms with Crippen LogP contribution in [0.15, 0.2) is 35.5 Å². The number of hydrazone groups is 1. The number of amides is 1. The van der Waals surface area contributed by atoms with Gasteiger partial charge in [-0.1, -0.05) is 23.8 Å². The Kier molecular flexibility index (Phi) is 5.81. The first-order chi connectivity index (χ1) is 10.1. The van der Waals surface area contributed by atoms with Crippen LogP contribution in [0.2, 0.25) is 5.02 Å². The Morgan fingerprint density at radius 2 is 2.38 bits per heavy atom. The molecule has 0 spiro atoms. The van der Waals surface area contributed by atoms with Crippen LogP contribution in [0.5, 0.6) is 5.75 Å². The van der Waals surface area contributed by atoms with E-state index in [0.29, 0.717) is 16.7 Å². The van der Waals surface area contributed by atoms with Crippen LogP contribution in [0, 0.1) is 12.8 Å². The fourth-order valence-electron chi connectivity index (χ4n) is 2.06. The molecule has 1 aromatic carbocycles. The van der Waals surface area contributed by atoms with Gasteiger partial charge < -0.3 is 4.74 Å². The lowest BCUT2D eigenvalue weighted by Crippen LogP contribution is -2.25. The Labute approximate surface area is 129 Å². The van der Waals surface area contributed by atoms with Crippen LogP contribution in [0.3, 0.4) is 0 Å². The van der Waals surface area contributed by atoms with E-state index in [0.717, 1.165) is 24.8 Å². The zero-order valence-electron chi connectivity index (χ0n) is 12.0. The summed E-state index contributed by atoms with van der Waals surface area (Å²) in [5.74, 6) is 0.758. The topological polar surface area (TPSA) is 50.7 Å². The monoisotopic (exact) mass is 306 g/mol. The average Bonchev–Trinajstić information content (AvgIpc) is 2.49. The number of aryl methyl sites for hydroxylation is 1. The number of allylic oxidation sites excluding steroid dienone is 2. The standard InChI is InChI=1S/C16H19ClN2O2/c1-12-9-14(7-8-15(12)17)21-11-16(20)19-18-10-13-5-3-2-4-6-13/h2-3,7-10,13H,4-6,11H2,1H3,(H,19,20)/b18-10-/t13-/m1/s1. The van der Waals surface area contributed by atoms with Gasteiger partial charge in [0.2, 0.25) is 0 Å². The number of benzene rings is 1. The van der Waals surface area contributed by atoms with E-state index in [2.05, 4.69) is 22.7 Å². The van der Waals surface area contributed by atoms with Gasteiger partial charge in [0.1, 0.15) is 5.75 Å².